The second kappa shape index (κ2) is 6.61. The van der Waals surface area contributed by atoms with Crippen LogP contribution in [0.15, 0.2) is 30.3 Å². The molecule has 28 heavy (non-hydrogen) atoms. The first-order valence-corrected chi connectivity index (χ1v) is 10.7. The van der Waals surface area contributed by atoms with Gasteiger partial charge >= 0.3 is 6.18 Å². The maximum absolute atomic E-state index is 12.8. The highest BCUT2D eigenvalue weighted by Crippen LogP contribution is 2.42. The fourth-order valence-corrected chi connectivity index (χ4v) is 5.12. The van der Waals surface area contributed by atoms with E-state index in [0.717, 1.165) is 30.7 Å². The fraction of sp³-hybridized carbons (Fsp3) is 0.444. The van der Waals surface area contributed by atoms with Gasteiger partial charge in [0.2, 0.25) is 0 Å². The predicted molar refractivity (Wildman–Crippen MR) is 95.9 cm³/mol. The third kappa shape index (κ3) is 3.91. The highest BCUT2D eigenvalue weighted by atomic mass is 32.2. The Bertz CT molecular complexity index is 1030. The summed E-state index contributed by atoms with van der Waals surface area (Å²) in [4.78, 5) is 12.5. The summed E-state index contributed by atoms with van der Waals surface area (Å²) in [6.07, 6.45) is -2.17. The molecule has 1 aliphatic heterocycles. The summed E-state index contributed by atoms with van der Waals surface area (Å²) < 4.78 is 63.7. The highest BCUT2D eigenvalue weighted by Gasteiger charge is 2.36. The maximum Gasteiger partial charge on any atom is 0.416 e. The molecule has 1 aliphatic carbocycles. The van der Waals surface area contributed by atoms with Gasteiger partial charge in [-0.25, -0.2) is 8.42 Å². The monoisotopic (exact) mass is 413 g/mol. The zero-order valence-corrected chi connectivity index (χ0v) is 15.6. The molecule has 4 rings (SSSR count). The average molecular weight is 413 g/mol. The Balaban J connectivity index is 1.58. The topological polar surface area (TPSA) is 81.1 Å². The summed E-state index contributed by atoms with van der Waals surface area (Å²) in [5, 5.41) is 6.75. The van der Waals surface area contributed by atoms with E-state index in [1.54, 1.807) is 10.7 Å². The third-order valence-corrected chi connectivity index (χ3v) is 6.75. The number of sulfone groups is 1. The fourth-order valence-electron chi connectivity index (χ4n) is 3.43. The van der Waals surface area contributed by atoms with E-state index in [1.807, 2.05) is 0 Å². The Morgan fingerprint density at radius 1 is 1.18 bits per heavy atom. The molecular weight excluding hydrogens is 395 g/mol. The summed E-state index contributed by atoms with van der Waals surface area (Å²) in [6, 6.07) is 5.68. The molecule has 0 bridgehead atoms. The molecule has 2 fully saturated rings. The van der Waals surface area contributed by atoms with Crippen molar-refractivity contribution in [2.45, 2.75) is 37.4 Å². The molecule has 150 valence electrons. The van der Waals surface area contributed by atoms with Crippen LogP contribution in [0.2, 0.25) is 0 Å². The number of nitrogens with one attached hydrogen (secondary N) is 1. The van der Waals surface area contributed by atoms with Crippen molar-refractivity contribution < 1.29 is 26.4 Å². The molecule has 1 atom stereocenters. The summed E-state index contributed by atoms with van der Waals surface area (Å²) in [6.45, 7) is 0. The Morgan fingerprint density at radius 3 is 2.54 bits per heavy atom. The van der Waals surface area contributed by atoms with Gasteiger partial charge in [-0.15, -0.1) is 0 Å². The number of halogens is 3. The Morgan fingerprint density at radius 2 is 1.93 bits per heavy atom. The minimum Gasteiger partial charge on any atom is -0.321 e. The molecule has 1 unspecified atom stereocenters. The van der Waals surface area contributed by atoms with Gasteiger partial charge in [-0.2, -0.15) is 18.3 Å². The largest absolute Gasteiger partial charge is 0.416 e. The van der Waals surface area contributed by atoms with Gasteiger partial charge in [-0.05, 0) is 43.5 Å². The van der Waals surface area contributed by atoms with E-state index < -0.39 is 27.5 Å². The third-order valence-electron chi connectivity index (χ3n) is 4.99. The number of hydrogen-bond donors (Lipinski definition) is 1. The molecule has 0 spiro atoms. The molecule has 2 heterocycles. The number of alkyl halides is 3. The van der Waals surface area contributed by atoms with Gasteiger partial charge in [0.25, 0.3) is 5.91 Å². The van der Waals surface area contributed by atoms with E-state index in [0.29, 0.717) is 6.42 Å². The lowest BCUT2D eigenvalue weighted by molar-refractivity contribution is -0.137. The summed E-state index contributed by atoms with van der Waals surface area (Å²) in [7, 11) is -3.11. The number of rotatable bonds is 4. The first-order valence-electron chi connectivity index (χ1n) is 8.91. The molecule has 1 saturated heterocycles. The SMILES string of the molecule is O=C(Nc1cccc(C(F)(F)F)c1)c1cc(C2CC2)n(C2CCS(=O)(=O)C2)n1. The number of carbonyl (C=O) groups is 1. The zero-order chi connectivity index (χ0) is 20.1. The minimum absolute atomic E-state index is 0.0108. The molecule has 2 aliphatic rings. The second-order valence-electron chi connectivity index (χ2n) is 7.26. The molecule has 1 amide bonds. The summed E-state index contributed by atoms with van der Waals surface area (Å²) in [5.74, 6) is -0.303. The van der Waals surface area contributed by atoms with Crippen molar-refractivity contribution in [3.05, 3.63) is 47.3 Å². The van der Waals surface area contributed by atoms with Crippen molar-refractivity contribution >= 4 is 21.4 Å². The van der Waals surface area contributed by atoms with Crippen molar-refractivity contribution in [2.24, 2.45) is 0 Å². The first-order chi connectivity index (χ1) is 13.1. The van der Waals surface area contributed by atoms with E-state index in [4.69, 9.17) is 0 Å². The quantitative estimate of drug-likeness (QED) is 0.833. The van der Waals surface area contributed by atoms with Gasteiger partial charge in [-0.1, -0.05) is 6.07 Å². The molecule has 1 N–H and O–H groups in total. The molecule has 1 saturated carbocycles. The van der Waals surface area contributed by atoms with Crippen molar-refractivity contribution in [1.82, 2.24) is 9.78 Å². The maximum atomic E-state index is 12.8. The Kier molecular flexibility index (Phi) is 4.48. The lowest BCUT2D eigenvalue weighted by Crippen LogP contribution is -2.17. The van der Waals surface area contributed by atoms with Gasteiger partial charge < -0.3 is 5.32 Å². The van der Waals surface area contributed by atoms with Crippen LogP contribution in [0.5, 0.6) is 0 Å². The van der Waals surface area contributed by atoms with Crippen LogP contribution >= 0.6 is 0 Å². The number of benzene rings is 1. The lowest BCUT2D eigenvalue weighted by Gasteiger charge is -2.12. The molecular formula is C18H18F3N3O3S. The number of hydrogen-bond acceptors (Lipinski definition) is 4. The number of carbonyl (C=O) groups excluding carboxylic acids is 1. The van der Waals surface area contributed by atoms with E-state index in [2.05, 4.69) is 10.4 Å². The normalized spacial score (nSPS) is 21.6. The van der Waals surface area contributed by atoms with Crippen LogP contribution < -0.4 is 5.32 Å². The summed E-state index contributed by atoms with van der Waals surface area (Å²) >= 11 is 0. The van der Waals surface area contributed by atoms with Crippen molar-refractivity contribution in [1.29, 1.82) is 0 Å². The van der Waals surface area contributed by atoms with E-state index >= 15 is 0 Å². The number of anilines is 1. The lowest BCUT2D eigenvalue weighted by atomic mass is 10.2. The van der Waals surface area contributed by atoms with Crippen LogP contribution in [0, 0.1) is 0 Å². The zero-order valence-electron chi connectivity index (χ0n) is 14.7. The first kappa shape index (κ1) is 19.0. The molecule has 2 aromatic rings. The Hall–Kier alpha value is -2.36. The molecule has 10 heteroatoms. The van der Waals surface area contributed by atoms with Gasteiger partial charge in [-0.3, -0.25) is 9.48 Å². The van der Waals surface area contributed by atoms with E-state index in [9.17, 15) is 26.4 Å². The van der Waals surface area contributed by atoms with Crippen LogP contribution in [-0.2, 0) is 16.0 Å². The van der Waals surface area contributed by atoms with Crippen LogP contribution in [-0.4, -0.2) is 35.6 Å². The minimum atomic E-state index is -4.50. The second-order valence-corrected chi connectivity index (χ2v) is 9.49. The van der Waals surface area contributed by atoms with Crippen LogP contribution in [0.4, 0.5) is 18.9 Å². The number of aromatic nitrogens is 2. The van der Waals surface area contributed by atoms with E-state index in [-0.39, 0.29) is 34.8 Å². The molecule has 1 aromatic heterocycles. The van der Waals surface area contributed by atoms with Crippen molar-refractivity contribution in [3.8, 4) is 0 Å². The highest BCUT2D eigenvalue weighted by molar-refractivity contribution is 7.91. The smallest absolute Gasteiger partial charge is 0.321 e. The van der Waals surface area contributed by atoms with Gasteiger partial charge in [0, 0.05) is 17.3 Å². The standard InChI is InChI=1S/C18H18F3N3O3S/c19-18(20,21)12-2-1-3-13(8-12)22-17(25)15-9-16(11-4-5-11)24(23-15)14-6-7-28(26,27)10-14/h1-3,8-9,11,14H,4-7,10H2,(H,22,25). The van der Waals surface area contributed by atoms with Crippen molar-refractivity contribution in [3.63, 3.8) is 0 Å². The van der Waals surface area contributed by atoms with Gasteiger partial charge in [0.15, 0.2) is 15.5 Å². The van der Waals surface area contributed by atoms with Crippen molar-refractivity contribution in [2.75, 3.05) is 16.8 Å². The molecule has 0 radical (unpaired) electrons. The van der Waals surface area contributed by atoms with Crippen LogP contribution in [0.3, 0.4) is 0 Å². The predicted octanol–water partition coefficient (Wildman–Crippen LogP) is 3.39. The molecule has 6 nitrogen and oxygen atoms in total. The van der Waals surface area contributed by atoms with Gasteiger partial charge in [0.1, 0.15) is 0 Å². The summed E-state index contributed by atoms with van der Waals surface area (Å²) in [5.41, 5.74) is 0.0522. The van der Waals surface area contributed by atoms with E-state index in [1.165, 1.54) is 12.1 Å². The number of nitrogens with zero attached hydrogens (tertiary/aromatic N) is 2. The average Bonchev–Trinajstić information content (AvgIpc) is 3.25. The van der Waals surface area contributed by atoms with Crippen LogP contribution in [0.1, 0.15) is 53.0 Å². The Labute approximate surface area is 159 Å². The number of amides is 1. The van der Waals surface area contributed by atoms with Gasteiger partial charge in [0.05, 0.1) is 23.1 Å². The molecule has 1 aromatic carbocycles. The van der Waals surface area contributed by atoms with Crippen LogP contribution in [0.25, 0.3) is 0 Å².